The molecule has 0 saturated heterocycles. The number of aliphatic hydroxyl groups is 1. The maximum atomic E-state index is 10.1. The number of rotatable bonds is 1. The van der Waals surface area contributed by atoms with Crippen LogP contribution >= 0.6 is 0 Å². The number of hydrogen-bond donors (Lipinski definition) is 1. The van der Waals surface area contributed by atoms with Gasteiger partial charge in [-0.3, -0.25) is 0 Å². The van der Waals surface area contributed by atoms with Gasteiger partial charge in [0.2, 0.25) is 0 Å². The van der Waals surface area contributed by atoms with Gasteiger partial charge in [-0.25, -0.2) is 0 Å². The summed E-state index contributed by atoms with van der Waals surface area (Å²) in [6, 6.07) is 1.69. The van der Waals surface area contributed by atoms with Crippen molar-refractivity contribution >= 4 is 0 Å². The fourth-order valence-electron chi connectivity index (χ4n) is 0.969. The highest BCUT2D eigenvalue weighted by molar-refractivity contribution is 5.26. The first kappa shape index (κ1) is 11.8. The first-order valence-electron chi connectivity index (χ1n) is 4.91. The van der Waals surface area contributed by atoms with E-state index in [1.165, 1.54) is 0 Å². The molecule has 0 aliphatic heterocycles. The summed E-state index contributed by atoms with van der Waals surface area (Å²) in [6.07, 6.45) is 0. The summed E-state index contributed by atoms with van der Waals surface area (Å²) < 4.78 is 4.91. The van der Waals surface area contributed by atoms with Crippen LogP contribution < -0.4 is 0 Å². The minimum Gasteiger partial charge on any atom is -0.372 e. The number of aryl methyl sites for hydroxylation is 1. The van der Waals surface area contributed by atoms with Gasteiger partial charge >= 0.3 is 0 Å². The lowest BCUT2D eigenvalue weighted by Crippen LogP contribution is -2.19. The largest absolute Gasteiger partial charge is 0.372 e. The molecule has 0 spiro atoms. The molecule has 1 aromatic heterocycles. The normalized spacial score (nSPS) is 15.3. The van der Waals surface area contributed by atoms with Crippen molar-refractivity contribution in [2.24, 2.45) is 5.41 Å². The van der Waals surface area contributed by atoms with Crippen LogP contribution in [0.1, 0.15) is 39.1 Å². The molecule has 1 aromatic rings. The van der Waals surface area contributed by atoms with Crippen molar-refractivity contribution in [2.75, 3.05) is 0 Å². The zero-order chi connectivity index (χ0) is 11.7. The topological polar surface area (TPSA) is 46.3 Å². The van der Waals surface area contributed by atoms with Crippen LogP contribution in [-0.2, 0) is 5.60 Å². The van der Waals surface area contributed by atoms with E-state index in [9.17, 15) is 5.11 Å². The molecule has 0 amide bonds. The summed E-state index contributed by atoms with van der Waals surface area (Å²) in [5.41, 5.74) is -0.926. The van der Waals surface area contributed by atoms with Gasteiger partial charge in [0.15, 0.2) is 5.60 Å². The summed E-state index contributed by atoms with van der Waals surface area (Å²) in [4.78, 5) is 0. The van der Waals surface area contributed by atoms with E-state index in [-0.39, 0.29) is 5.41 Å². The highest BCUT2D eigenvalue weighted by Crippen LogP contribution is 2.20. The Morgan fingerprint density at radius 2 is 1.87 bits per heavy atom. The van der Waals surface area contributed by atoms with Gasteiger partial charge in [0, 0.05) is 11.5 Å². The Balaban J connectivity index is 2.97. The third kappa shape index (κ3) is 3.41. The molecule has 1 rings (SSSR count). The van der Waals surface area contributed by atoms with Crippen LogP contribution in [0.3, 0.4) is 0 Å². The van der Waals surface area contributed by atoms with E-state index in [1.807, 2.05) is 20.8 Å². The quantitative estimate of drug-likeness (QED) is 0.718. The Morgan fingerprint density at radius 3 is 2.27 bits per heavy atom. The molecular weight excluding hydrogens is 190 g/mol. The van der Waals surface area contributed by atoms with Gasteiger partial charge in [-0.2, -0.15) is 0 Å². The molecule has 0 radical (unpaired) electrons. The fraction of sp³-hybridized carbons (Fsp3) is 0.583. The van der Waals surface area contributed by atoms with Gasteiger partial charge in [-0.15, -0.1) is 0 Å². The van der Waals surface area contributed by atoms with E-state index in [0.717, 1.165) is 0 Å². The molecule has 0 saturated carbocycles. The third-order valence-electron chi connectivity index (χ3n) is 1.81. The van der Waals surface area contributed by atoms with Gasteiger partial charge in [0.1, 0.15) is 11.5 Å². The standard InChI is InChI=1S/C12H17NO2/c1-9-8-10(13-15-9)12(5,14)7-6-11(2,3)4/h8,14H,1-5H3. The van der Waals surface area contributed by atoms with Crippen molar-refractivity contribution in [3.63, 3.8) is 0 Å². The molecule has 0 aliphatic carbocycles. The van der Waals surface area contributed by atoms with Gasteiger partial charge in [-0.05, 0) is 34.6 Å². The van der Waals surface area contributed by atoms with Gasteiger partial charge < -0.3 is 9.63 Å². The molecule has 1 atom stereocenters. The second-order valence-corrected chi connectivity index (χ2v) is 4.90. The van der Waals surface area contributed by atoms with Crippen LogP contribution in [-0.4, -0.2) is 10.3 Å². The van der Waals surface area contributed by atoms with Crippen LogP contribution in [0.25, 0.3) is 0 Å². The summed E-state index contributed by atoms with van der Waals surface area (Å²) in [7, 11) is 0. The summed E-state index contributed by atoms with van der Waals surface area (Å²) in [5, 5.41) is 13.8. The Labute approximate surface area is 90.5 Å². The van der Waals surface area contributed by atoms with Crippen molar-refractivity contribution < 1.29 is 9.63 Å². The average molecular weight is 207 g/mol. The first-order chi connectivity index (χ1) is 6.71. The molecule has 82 valence electrons. The molecule has 1 unspecified atom stereocenters. The molecule has 3 heteroatoms. The highest BCUT2D eigenvalue weighted by atomic mass is 16.5. The third-order valence-corrected chi connectivity index (χ3v) is 1.81. The van der Waals surface area contributed by atoms with E-state index in [0.29, 0.717) is 11.5 Å². The Kier molecular flexibility index (Phi) is 2.92. The van der Waals surface area contributed by atoms with Crippen LogP contribution in [0.4, 0.5) is 0 Å². The highest BCUT2D eigenvalue weighted by Gasteiger charge is 2.24. The summed E-state index contributed by atoms with van der Waals surface area (Å²) in [6.45, 7) is 9.37. The molecule has 0 bridgehead atoms. The number of hydrogen-bond acceptors (Lipinski definition) is 3. The van der Waals surface area contributed by atoms with Gasteiger partial charge in [0.05, 0.1) is 0 Å². The van der Waals surface area contributed by atoms with Crippen molar-refractivity contribution in [1.29, 1.82) is 0 Å². The maximum Gasteiger partial charge on any atom is 0.168 e. The Morgan fingerprint density at radius 1 is 1.27 bits per heavy atom. The fourth-order valence-corrected chi connectivity index (χ4v) is 0.969. The van der Waals surface area contributed by atoms with Crippen LogP contribution in [0.5, 0.6) is 0 Å². The van der Waals surface area contributed by atoms with Crippen molar-refractivity contribution in [1.82, 2.24) is 5.16 Å². The lowest BCUT2D eigenvalue weighted by Gasteiger charge is -2.14. The van der Waals surface area contributed by atoms with E-state index in [1.54, 1.807) is 19.9 Å². The lowest BCUT2D eigenvalue weighted by atomic mass is 9.94. The maximum absolute atomic E-state index is 10.1. The minimum absolute atomic E-state index is 0.136. The first-order valence-corrected chi connectivity index (χ1v) is 4.91. The SMILES string of the molecule is Cc1cc(C(C)(O)C#CC(C)(C)C)no1. The molecular formula is C12H17NO2. The smallest absolute Gasteiger partial charge is 0.168 e. The summed E-state index contributed by atoms with van der Waals surface area (Å²) in [5.74, 6) is 6.47. The Bertz CT molecular complexity index is 399. The van der Waals surface area contributed by atoms with Gasteiger partial charge in [-0.1, -0.05) is 17.0 Å². The molecule has 3 nitrogen and oxygen atoms in total. The monoisotopic (exact) mass is 207 g/mol. The predicted octanol–water partition coefficient (Wildman–Crippen LogP) is 2.24. The molecule has 0 aliphatic rings. The molecule has 1 heterocycles. The van der Waals surface area contributed by atoms with Crippen LogP contribution in [0.2, 0.25) is 0 Å². The van der Waals surface area contributed by atoms with Crippen molar-refractivity contribution in [3.8, 4) is 11.8 Å². The van der Waals surface area contributed by atoms with Crippen LogP contribution in [0.15, 0.2) is 10.6 Å². The van der Waals surface area contributed by atoms with Crippen molar-refractivity contribution in [3.05, 3.63) is 17.5 Å². The zero-order valence-corrected chi connectivity index (χ0v) is 9.88. The van der Waals surface area contributed by atoms with Gasteiger partial charge in [0.25, 0.3) is 0 Å². The molecule has 0 fully saturated rings. The van der Waals surface area contributed by atoms with E-state index < -0.39 is 5.60 Å². The van der Waals surface area contributed by atoms with E-state index in [4.69, 9.17) is 4.52 Å². The summed E-state index contributed by atoms with van der Waals surface area (Å²) >= 11 is 0. The average Bonchev–Trinajstić information content (AvgIpc) is 2.48. The zero-order valence-electron chi connectivity index (χ0n) is 9.88. The lowest BCUT2D eigenvalue weighted by molar-refractivity contribution is 0.112. The number of aromatic nitrogens is 1. The molecule has 0 aromatic carbocycles. The predicted molar refractivity (Wildman–Crippen MR) is 58.0 cm³/mol. The minimum atomic E-state index is -1.24. The van der Waals surface area contributed by atoms with E-state index in [2.05, 4.69) is 17.0 Å². The molecule has 1 N–H and O–H groups in total. The second kappa shape index (κ2) is 3.71. The second-order valence-electron chi connectivity index (χ2n) is 4.90. The van der Waals surface area contributed by atoms with Crippen molar-refractivity contribution in [2.45, 2.75) is 40.2 Å². The Hall–Kier alpha value is -1.27. The molecule has 15 heavy (non-hydrogen) atoms. The number of nitrogens with zero attached hydrogens (tertiary/aromatic N) is 1. The van der Waals surface area contributed by atoms with Crippen LogP contribution in [0, 0.1) is 24.2 Å². The van der Waals surface area contributed by atoms with E-state index >= 15 is 0 Å².